The summed E-state index contributed by atoms with van der Waals surface area (Å²) in [6.07, 6.45) is 3.66. The van der Waals surface area contributed by atoms with Crippen molar-refractivity contribution in [3.8, 4) is 0 Å². The van der Waals surface area contributed by atoms with Gasteiger partial charge in [-0.1, -0.05) is 0 Å². The zero-order valence-electron chi connectivity index (χ0n) is 5.26. The number of nitrogens with zero attached hydrogens (tertiary/aromatic N) is 1. The molecule has 0 aromatic heterocycles. The summed E-state index contributed by atoms with van der Waals surface area (Å²) in [6.45, 7) is 7.76. The van der Waals surface area contributed by atoms with Crippen molar-refractivity contribution in [1.82, 2.24) is 0 Å². The molecule has 1 saturated carbocycles. The number of hydrogen-bond donors (Lipinski definition) is 0. The maximum absolute atomic E-state index is 6.86. The molecular weight excluding hydrogens is 114 g/mol. The van der Waals surface area contributed by atoms with E-state index < -0.39 is 0 Å². The molecule has 0 aromatic rings. The minimum atomic E-state index is 0.0428. The first kappa shape index (κ1) is 5.25. The molecule has 1 saturated heterocycles. The third-order valence-electron chi connectivity index (χ3n) is 2.07. The average molecular weight is 123 g/mol. The van der Waals surface area contributed by atoms with Crippen LogP contribution in [0.25, 0.3) is 4.85 Å². The van der Waals surface area contributed by atoms with Crippen LogP contribution in [0.3, 0.4) is 0 Å². The Bertz CT molecular complexity index is 162. The Balaban J connectivity index is 1.90. The molecule has 1 unspecified atom stereocenters. The number of hydrogen-bond acceptors (Lipinski definition) is 1. The van der Waals surface area contributed by atoms with Crippen LogP contribution in [0.4, 0.5) is 0 Å². The van der Waals surface area contributed by atoms with E-state index in [4.69, 9.17) is 11.3 Å². The second-order valence-corrected chi connectivity index (χ2v) is 3.00. The second kappa shape index (κ2) is 1.48. The molecule has 2 nitrogen and oxygen atoms in total. The molecule has 1 atom stereocenters. The van der Waals surface area contributed by atoms with Gasteiger partial charge in [-0.15, -0.1) is 0 Å². The molecular formula is C7H9NO. The molecule has 0 amide bonds. The van der Waals surface area contributed by atoms with Gasteiger partial charge in [0, 0.05) is 12.8 Å². The van der Waals surface area contributed by atoms with Crippen molar-refractivity contribution in [1.29, 1.82) is 0 Å². The summed E-state index contributed by atoms with van der Waals surface area (Å²) < 4.78 is 5.04. The molecule has 1 aliphatic heterocycles. The summed E-state index contributed by atoms with van der Waals surface area (Å²) in [5, 5.41) is 0. The largest absolute Gasteiger partial charge is 0.373 e. The first-order valence-corrected chi connectivity index (χ1v) is 3.35. The van der Waals surface area contributed by atoms with E-state index in [9.17, 15) is 0 Å². The lowest BCUT2D eigenvalue weighted by Gasteiger charge is -1.94. The van der Waals surface area contributed by atoms with E-state index >= 15 is 0 Å². The predicted molar refractivity (Wildman–Crippen MR) is 32.9 cm³/mol. The lowest BCUT2D eigenvalue weighted by molar-refractivity contribution is 0.385. The van der Waals surface area contributed by atoms with Gasteiger partial charge in [-0.25, -0.2) is 6.57 Å². The third-order valence-corrected chi connectivity index (χ3v) is 2.07. The molecule has 2 fully saturated rings. The fraction of sp³-hybridized carbons (Fsp3) is 0.857. The van der Waals surface area contributed by atoms with Gasteiger partial charge in [-0.05, 0) is 0 Å². The molecule has 48 valence electrons. The van der Waals surface area contributed by atoms with Gasteiger partial charge in [0.25, 0.3) is 0 Å². The predicted octanol–water partition coefficient (Wildman–Crippen LogP) is 1.23. The van der Waals surface area contributed by atoms with Crippen LogP contribution in [-0.4, -0.2) is 18.2 Å². The molecule has 9 heavy (non-hydrogen) atoms. The van der Waals surface area contributed by atoms with Crippen LogP contribution in [0.5, 0.6) is 0 Å². The van der Waals surface area contributed by atoms with Crippen molar-refractivity contribution in [2.24, 2.45) is 0 Å². The van der Waals surface area contributed by atoms with Gasteiger partial charge in [0.15, 0.2) is 0 Å². The van der Waals surface area contributed by atoms with Crippen molar-refractivity contribution in [2.45, 2.75) is 30.9 Å². The monoisotopic (exact) mass is 123 g/mol. The zero-order chi connectivity index (χ0) is 6.32. The summed E-state index contributed by atoms with van der Waals surface area (Å²) in [5.41, 5.74) is 0.0428. The molecule has 0 N–H and O–H groups in total. The lowest BCUT2D eigenvalue weighted by atomic mass is 10.1. The Kier molecular flexibility index (Phi) is 0.866. The zero-order valence-corrected chi connectivity index (χ0v) is 5.26. The Hall–Kier alpha value is -0.550. The van der Waals surface area contributed by atoms with E-state index in [-0.39, 0.29) is 5.54 Å². The summed E-state index contributed by atoms with van der Waals surface area (Å²) >= 11 is 0. The standard InChI is InChI=1S/C7H9NO/c1-8-7(2-3-7)4-6-5-9-6/h6H,2-5H2. The lowest BCUT2D eigenvalue weighted by Crippen LogP contribution is -2.05. The van der Waals surface area contributed by atoms with Crippen molar-refractivity contribution < 1.29 is 4.74 Å². The van der Waals surface area contributed by atoms with Gasteiger partial charge in [0.1, 0.15) is 0 Å². The van der Waals surface area contributed by atoms with Gasteiger partial charge in [-0.2, -0.15) is 0 Å². The first-order valence-electron chi connectivity index (χ1n) is 3.35. The van der Waals surface area contributed by atoms with E-state index in [1.54, 1.807) is 0 Å². The van der Waals surface area contributed by atoms with Crippen molar-refractivity contribution in [3.63, 3.8) is 0 Å². The molecule has 0 spiro atoms. The molecule has 0 bridgehead atoms. The fourth-order valence-electron chi connectivity index (χ4n) is 1.12. The highest BCUT2D eigenvalue weighted by atomic mass is 16.6. The summed E-state index contributed by atoms with van der Waals surface area (Å²) in [5.74, 6) is 0. The number of epoxide rings is 1. The van der Waals surface area contributed by atoms with Crippen LogP contribution in [0.2, 0.25) is 0 Å². The van der Waals surface area contributed by atoms with Crippen LogP contribution in [0.1, 0.15) is 19.3 Å². The first-order chi connectivity index (χ1) is 4.35. The molecule has 2 aliphatic rings. The van der Waals surface area contributed by atoms with Crippen LogP contribution in [-0.2, 0) is 4.74 Å². The quantitative estimate of drug-likeness (QED) is 0.398. The highest BCUT2D eigenvalue weighted by Crippen LogP contribution is 2.45. The molecule has 2 heteroatoms. The Morgan fingerprint density at radius 1 is 1.67 bits per heavy atom. The highest BCUT2D eigenvalue weighted by Gasteiger charge is 2.54. The fourth-order valence-corrected chi connectivity index (χ4v) is 1.12. The van der Waals surface area contributed by atoms with Gasteiger partial charge >= 0.3 is 0 Å². The maximum Gasteiger partial charge on any atom is 0.235 e. The second-order valence-electron chi connectivity index (χ2n) is 3.00. The number of ether oxygens (including phenoxy) is 1. The van der Waals surface area contributed by atoms with E-state index in [1.807, 2.05) is 0 Å². The van der Waals surface area contributed by atoms with Crippen LogP contribution < -0.4 is 0 Å². The topological polar surface area (TPSA) is 16.9 Å². The van der Waals surface area contributed by atoms with Crippen LogP contribution in [0.15, 0.2) is 0 Å². The van der Waals surface area contributed by atoms with Gasteiger partial charge in [0.05, 0.1) is 19.1 Å². The third kappa shape index (κ3) is 0.927. The molecule has 0 aromatic carbocycles. The van der Waals surface area contributed by atoms with Crippen molar-refractivity contribution >= 4 is 0 Å². The number of rotatable bonds is 2. The smallest absolute Gasteiger partial charge is 0.235 e. The van der Waals surface area contributed by atoms with Crippen molar-refractivity contribution in [3.05, 3.63) is 11.4 Å². The van der Waals surface area contributed by atoms with Gasteiger partial charge in [-0.3, -0.25) is 0 Å². The molecule has 2 rings (SSSR count). The Labute approximate surface area is 54.6 Å². The van der Waals surface area contributed by atoms with Gasteiger partial charge < -0.3 is 9.58 Å². The van der Waals surface area contributed by atoms with E-state index in [2.05, 4.69) is 4.85 Å². The normalized spacial score (nSPS) is 35.2. The summed E-state index contributed by atoms with van der Waals surface area (Å²) in [4.78, 5) is 3.58. The van der Waals surface area contributed by atoms with Gasteiger partial charge in [0.2, 0.25) is 5.54 Å². The van der Waals surface area contributed by atoms with Crippen LogP contribution >= 0.6 is 0 Å². The average Bonchev–Trinajstić information content (AvgIpc) is 2.68. The molecule has 1 heterocycles. The van der Waals surface area contributed by atoms with E-state index in [0.717, 1.165) is 25.9 Å². The SMILES string of the molecule is [C-]#[N+]C1(CC2CO2)CC1. The summed E-state index contributed by atoms with van der Waals surface area (Å²) in [7, 11) is 0. The minimum Gasteiger partial charge on any atom is -0.373 e. The van der Waals surface area contributed by atoms with Crippen molar-refractivity contribution in [2.75, 3.05) is 6.61 Å². The van der Waals surface area contributed by atoms with E-state index in [0.29, 0.717) is 6.10 Å². The summed E-state index contributed by atoms with van der Waals surface area (Å²) in [6, 6.07) is 0. The molecule has 0 radical (unpaired) electrons. The maximum atomic E-state index is 6.86. The highest BCUT2D eigenvalue weighted by molar-refractivity contribution is 5.13. The molecule has 1 aliphatic carbocycles. The Morgan fingerprint density at radius 3 is 2.67 bits per heavy atom. The van der Waals surface area contributed by atoms with E-state index in [1.165, 1.54) is 0 Å². The Morgan fingerprint density at radius 2 is 2.33 bits per heavy atom. The minimum absolute atomic E-state index is 0.0428. The van der Waals surface area contributed by atoms with Crippen LogP contribution in [0, 0.1) is 6.57 Å².